The Hall–Kier alpha value is -1.14. The highest BCUT2D eigenvalue weighted by atomic mass is 16.4. The number of nitrogens with one attached hydrogen (secondary N) is 2. The summed E-state index contributed by atoms with van der Waals surface area (Å²) in [6.45, 7) is 1.72. The standard InChI is InChI=1S/2C6H11NO2/c2*8-6(9)5-3-1-2-4-7-5/h2*5,7H,1-4H2,(H,8,9)/t2*5-/m00/s1. The van der Waals surface area contributed by atoms with Crippen LogP contribution in [0.1, 0.15) is 38.5 Å². The number of hydrogen-bond acceptors (Lipinski definition) is 4. The van der Waals surface area contributed by atoms with Crippen molar-refractivity contribution < 1.29 is 19.8 Å². The average molecular weight is 258 g/mol. The van der Waals surface area contributed by atoms with Crippen molar-refractivity contribution in [3.63, 3.8) is 0 Å². The Labute approximate surface area is 107 Å². The summed E-state index contributed by atoms with van der Waals surface area (Å²) in [5.74, 6) is -1.43. The first-order valence-electron chi connectivity index (χ1n) is 6.53. The first-order valence-corrected chi connectivity index (χ1v) is 6.53. The van der Waals surface area contributed by atoms with Gasteiger partial charge in [0, 0.05) is 0 Å². The fourth-order valence-corrected chi connectivity index (χ4v) is 2.13. The minimum absolute atomic E-state index is 0.279. The van der Waals surface area contributed by atoms with Crippen molar-refractivity contribution in [3.8, 4) is 0 Å². The molecule has 18 heavy (non-hydrogen) atoms. The quantitative estimate of drug-likeness (QED) is 0.573. The van der Waals surface area contributed by atoms with E-state index in [1.54, 1.807) is 0 Å². The van der Waals surface area contributed by atoms with Gasteiger partial charge in [-0.05, 0) is 38.8 Å². The van der Waals surface area contributed by atoms with Crippen LogP contribution in [0.4, 0.5) is 0 Å². The summed E-state index contributed by atoms with van der Waals surface area (Å²) in [6.07, 6.45) is 5.90. The Morgan fingerprint density at radius 1 is 0.778 bits per heavy atom. The van der Waals surface area contributed by atoms with Crippen molar-refractivity contribution in [1.82, 2.24) is 10.6 Å². The van der Waals surface area contributed by atoms with E-state index in [2.05, 4.69) is 10.6 Å². The third kappa shape index (κ3) is 5.46. The highest BCUT2D eigenvalue weighted by molar-refractivity contribution is 5.73. The van der Waals surface area contributed by atoms with E-state index in [4.69, 9.17) is 10.2 Å². The van der Waals surface area contributed by atoms with Gasteiger partial charge in [-0.1, -0.05) is 12.8 Å². The van der Waals surface area contributed by atoms with Crippen molar-refractivity contribution >= 4 is 11.9 Å². The largest absolute Gasteiger partial charge is 0.480 e. The van der Waals surface area contributed by atoms with Crippen LogP contribution >= 0.6 is 0 Å². The lowest BCUT2D eigenvalue weighted by atomic mass is 10.1. The zero-order chi connectivity index (χ0) is 13.4. The van der Waals surface area contributed by atoms with E-state index in [0.717, 1.165) is 51.6 Å². The Balaban J connectivity index is 0.000000180. The molecule has 0 unspecified atom stereocenters. The van der Waals surface area contributed by atoms with E-state index in [-0.39, 0.29) is 12.1 Å². The van der Waals surface area contributed by atoms with Gasteiger partial charge in [0.25, 0.3) is 0 Å². The molecule has 2 saturated heterocycles. The number of rotatable bonds is 2. The van der Waals surface area contributed by atoms with Crippen LogP contribution in [0.3, 0.4) is 0 Å². The molecule has 2 rings (SSSR count). The Morgan fingerprint density at radius 3 is 1.33 bits per heavy atom. The van der Waals surface area contributed by atoms with Crippen LogP contribution < -0.4 is 10.6 Å². The van der Waals surface area contributed by atoms with E-state index < -0.39 is 11.9 Å². The van der Waals surface area contributed by atoms with Crippen LogP contribution in [0.5, 0.6) is 0 Å². The Bertz CT molecular complexity index is 243. The van der Waals surface area contributed by atoms with Crippen LogP contribution in [-0.2, 0) is 9.59 Å². The second-order valence-corrected chi connectivity index (χ2v) is 4.68. The average Bonchev–Trinajstić information content (AvgIpc) is 2.41. The van der Waals surface area contributed by atoms with E-state index >= 15 is 0 Å². The van der Waals surface area contributed by atoms with E-state index in [9.17, 15) is 9.59 Å². The third-order valence-corrected chi connectivity index (χ3v) is 3.22. The molecule has 0 saturated carbocycles. The minimum atomic E-state index is -0.713. The smallest absolute Gasteiger partial charge is 0.320 e. The van der Waals surface area contributed by atoms with Gasteiger partial charge in [0.05, 0.1) is 0 Å². The lowest BCUT2D eigenvalue weighted by Gasteiger charge is -2.18. The zero-order valence-corrected chi connectivity index (χ0v) is 10.5. The topological polar surface area (TPSA) is 98.7 Å². The number of piperidine rings is 2. The summed E-state index contributed by atoms with van der Waals surface area (Å²) < 4.78 is 0. The Kier molecular flexibility index (Phi) is 6.67. The molecule has 0 aromatic rings. The predicted octanol–water partition coefficient (Wildman–Crippen LogP) is 0.426. The number of carboxylic acid groups (broad SMARTS) is 2. The second-order valence-electron chi connectivity index (χ2n) is 4.68. The summed E-state index contributed by atoms with van der Waals surface area (Å²) >= 11 is 0. The SMILES string of the molecule is O=C(O)[C@@H]1CCCCN1.O=C(O)[C@@H]1CCCCN1. The number of carboxylic acids is 2. The molecule has 0 aliphatic carbocycles. The molecule has 0 amide bonds. The van der Waals surface area contributed by atoms with Gasteiger partial charge in [-0.3, -0.25) is 9.59 Å². The van der Waals surface area contributed by atoms with E-state index in [0.29, 0.717) is 0 Å². The second kappa shape index (κ2) is 8.05. The molecule has 0 spiro atoms. The third-order valence-electron chi connectivity index (χ3n) is 3.22. The maximum atomic E-state index is 10.3. The van der Waals surface area contributed by atoms with Gasteiger partial charge >= 0.3 is 11.9 Å². The van der Waals surface area contributed by atoms with E-state index in [1.807, 2.05) is 0 Å². The number of aliphatic carboxylic acids is 2. The normalized spacial score (nSPS) is 27.8. The van der Waals surface area contributed by atoms with Crippen LogP contribution in [0.25, 0.3) is 0 Å². The van der Waals surface area contributed by atoms with Crippen molar-refractivity contribution in [2.75, 3.05) is 13.1 Å². The summed E-state index contributed by atoms with van der Waals surface area (Å²) in [5.41, 5.74) is 0. The molecular weight excluding hydrogens is 236 g/mol. The molecule has 0 aromatic carbocycles. The first kappa shape index (κ1) is 14.9. The number of carbonyl (C=O) groups is 2. The highest BCUT2D eigenvalue weighted by Crippen LogP contribution is 2.06. The van der Waals surface area contributed by atoms with E-state index in [1.165, 1.54) is 0 Å². The molecule has 0 aromatic heterocycles. The van der Waals surface area contributed by atoms with Crippen molar-refractivity contribution in [2.24, 2.45) is 0 Å². The van der Waals surface area contributed by atoms with Crippen LogP contribution in [-0.4, -0.2) is 47.3 Å². The summed E-state index contributed by atoms with van der Waals surface area (Å²) in [6, 6.07) is -0.558. The zero-order valence-electron chi connectivity index (χ0n) is 10.5. The van der Waals surface area contributed by atoms with Gasteiger partial charge in [-0.15, -0.1) is 0 Å². The molecule has 104 valence electrons. The van der Waals surface area contributed by atoms with Gasteiger partial charge in [0.15, 0.2) is 0 Å². The van der Waals surface area contributed by atoms with Gasteiger partial charge in [-0.2, -0.15) is 0 Å². The fraction of sp³-hybridized carbons (Fsp3) is 0.833. The molecule has 0 bridgehead atoms. The van der Waals surface area contributed by atoms with Crippen LogP contribution in [0.2, 0.25) is 0 Å². The van der Waals surface area contributed by atoms with Gasteiger partial charge in [0.2, 0.25) is 0 Å². The maximum Gasteiger partial charge on any atom is 0.320 e. The number of hydrogen-bond donors (Lipinski definition) is 4. The molecular formula is C12H22N2O4. The summed E-state index contributed by atoms with van der Waals surface area (Å²) in [4.78, 5) is 20.6. The fourth-order valence-electron chi connectivity index (χ4n) is 2.13. The molecule has 0 radical (unpaired) electrons. The summed E-state index contributed by atoms with van der Waals surface area (Å²) in [7, 11) is 0. The van der Waals surface area contributed by atoms with Crippen LogP contribution in [0.15, 0.2) is 0 Å². The van der Waals surface area contributed by atoms with Crippen LogP contribution in [0, 0.1) is 0 Å². The van der Waals surface area contributed by atoms with Gasteiger partial charge in [-0.25, -0.2) is 0 Å². The molecule has 2 aliphatic rings. The minimum Gasteiger partial charge on any atom is -0.480 e. The lowest BCUT2D eigenvalue weighted by molar-refractivity contribution is -0.141. The predicted molar refractivity (Wildman–Crippen MR) is 66.6 cm³/mol. The molecule has 2 fully saturated rings. The van der Waals surface area contributed by atoms with Crippen molar-refractivity contribution in [2.45, 2.75) is 50.6 Å². The lowest BCUT2D eigenvalue weighted by Crippen LogP contribution is -2.40. The van der Waals surface area contributed by atoms with Crippen molar-refractivity contribution in [3.05, 3.63) is 0 Å². The molecule has 2 heterocycles. The Morgan fingerprint density at radius 2 is 1.17 bits per heavy atom. The van der Waals surface area contributed by atoms with Gasteiger partial charge in [0.1, 0.15) is 12.1 Å². The molecule has 6 heteroatoms. The maximum absolute atomic E-state index is 10.3. The highest BCUT2D eigenvalue weighted by Gasteiger charge is 2.19. The molecule has 6 nitrogen and oxygen atoms in total. The molecule has 4 N–H and O–H groups in total. The monoisotopic (exact) mass is 258 g/mol. The van der Waals surface area contributed by atoms with Gasteiger partial charge < -0.3 is 20.8 Å². The van der Waals surface area contributed by atoms with Crippen molar-refractivity contribution in [1.29, 1.82) is 0 Å². The molecule has 2 aliphatic heterocycles. The first-order chi connectivity index (χ1) is 8.61. The summed E-state index contributed by atoms with van der Waals surface area (Å²) in [5, 5.41) is 22.8. The molecule has 2 atom stereocenters.